The van der Waals surface area contributed by atoms with Crippen LogP contribution in [0.15, 0.2) is 49.1 Å². The summed E-state index contributed by atoms with van der Waals surface area (Å²) in [4.78, 5) is 23.6. The molecule has 2 aliphatic heterocycles. The highest BCUT2D eigenvalue weighted by molar-refractivity contribution is 5.92. The van der Waals surface area contributed by atoms with E-state index in [9.17, 15) is 4.79 Å². The molecular weight excluding hydrogens is 394 g/mol. The first kappa shape index (κ1) is 19.9. The molecule has 1 atom stereocenters. The molecule has 1 amide bonds. The lowest BCUT2D eigenvalue weighted by atomic mass is 10.0. The van der Waals surface area contributed by atoms with Crippen LogP contribution in [0.1, 0.15) is 31.0 Å². The monoisotopic (exact) mass is 421 g/mol. The predicted molar refractivity (Wildman–Crippen MR) is 115 cm³/mol. The molecule has 1 N–H and O–H groups in total. The van der Waals surface area contributed by atoms with Crippen LogP contribution in [0.3, 0.4) is 0 Å². The maximum Gasteiger partial charge on any atom is 0.233 e. The van der Waals surface area contributed by atoms with Crippen LogP contribution in [0.2, 0.25) is 0 Å². The SMILES string of the molecule is O=C(Nc1ccnn1C1CCN(Cc2cccn2-c2ncccn2)CC1)C1CCOC1. The van der Waals surface area contributed by atoms with Gasteiger partial charge < -0.3 is 10.1 Å². The number of carbonyl (C=O) groups excluding carboxylic acids is 1. The Labute approximate surface area is 181 Å². The van der Waals surface area contributed by atoms with Crippen LogP contribution >= 0.6 is 0 Å². The summed E-state index contributed by atoms with van der Waals surface area (Å²) in [7, 11) is 0. The number of amides is 1. The third-order valence-electron chi connectivity index (χ3n) is 6.11. The summed E-state index contributed by atoms with van der Waals surface area (Å²) < 4.78 is 9.36. The van der Waals surface area contributed by atoms with Gasteiger partial charge in [-0.3, -0.25) is 14.3 Å². The van der Waals surface area contributed by atoms with Gasteiger partial charge in [-0.25, -0.2) is 14.6 Å². The van der Waals surface area contributed by atoms with Crippen LogP contribution < -0.4 is 5.32 Å². The van der Waals surface area contributed by atoms with E-state index in [1.807, 2.05) is 33.6 Å². The lowest BCUT2D eigenvalue weighted by Crippen LogP contribution is -2.35. The van der Waals surface area contributed by atoms with E-state index in [1.165, 1.54) is 5.69 Å². The number of aromatic nitrogens is 5. The second-order valence-corrected chi connectivity index (χ2v) is 8.14. The number of anilines is 1. The molecule has 31 heavy (non-hydrogen) atoms. The summed E-state index contributed by atoms with van der Waals surface area (Å²) >= 11 is 0. The molecule has 0 spiro atoms. The smallest absolute Gasteiger partial charge is 0.233 e. The Balaban J connectivity index is 1.19. The van der Waals surface area contributed by atoms with Gasteiger partial charge in [0.2, 0.25) is 11.9 Å². The Morgan fingerprint density at radius 2 is 1.94 bits per heavy atom. The summed E-state index contributed by atoms with van der Waals surface area (Å²) in [6.45, 7) is 3.95. The standard InChI is InChI=1S/C22H27N7O2/c30-21(17-7-14-31-16-17)26-20-4-10-25-29(20)18-5-12-27(13-6-18)15-19-3-1-11-28(19)22-23-8-2-9-24-22/h1-4,8-11,17-18H,5-7,12-16H2,(H,26,30). The highest BCUT2D eigenvalue weighted by Crippen LogP contribution is 2.27. The highest BCUT2D eigenvalue weighted by atomic mass is 16.5. The van der Waals surface area contributed by atoms with Crippen molar-refractivity contribution in [1.29, 1.82) is 0 Å². The van der Waals surface area contributed by atoms with Gasteiger partial charge in [0.15, 0.2) is 0 Å². The number of piperidine rings is 1. The first-order chi connectivity index (χ1) is 15.3. The lowest BCUT2D eigenvalue weighted by Gasteiger charge is -2.32. The van der Waals surface area contributed by atoms with Crippen molar-refractivity contribution < 1.29 is 9.53 Å². The summed E-state index contributed by atoms with van der Waals surface area (Å²) in [5, 5.41) is 7.56. The Kier molecular flexibility index (Phi) is 5.77. The van der Waals surface area contributed by atoms with Crippen molar-refractivity contribution >= 4 is 11.7 Å². The van der Waals surface area contributed by atoms with E-state index in [0.717, 1.165) is 44.7 Å². The van der Waals surface area contributed by atoms with Gasteiger partial charge >= 0.3 is 0 Å². The maximum atomic E-state index is 12.5. The molecular formula is C22H27N7O2. The summed E-state index contributed by atoms with van der Waals surface area (Å²) in [6, 6.07) is 8.14. The van der Waals surface area contributed by atoms with E-state index < -0.39 is 0 Å². The van der Waals surface area contributed by atoms with Gasteiger partial charge in [-0.2, -0.15) is 5.10 Å². The molecule has 0 radical (unpaired) electrons. The lowest BCUT2D eigenvalue weighted by molar-refractivity contribution is -0.119. The van der Waals surface area contributed by atoms with E-state index in [4.69, 9.17) is 4.74 Å². The van der Waals surface area contributed by atoms with Gasteiger partial charge in [0.05, 0.1) is 24.8 Å². The van der Waals surface area contributed by atoms with Crippen LogP contribution in [-0.4, -0.2) is 61.4 Å². The van der Waals surface area contributed by atoms with Gasteiger partial charge in [0.1, 0.15) is 5.82 Å². The van der Waals surface area contributed by atoms with Gasteiger partial charge in [0.25, 0.3) is 0 Å². The first-order valence-electron chi connectivity index (χ1n) is 10.9. The molecule has 3 aromatic heterocycles. The highest BCUT2D eigenvalue weighted by Gasteiger charge is 2.27. The minimum Gasteiger partial charge on any atom is -0.381 e. The topological polar surface area (TPSA) is 90.1 Å². The van der Waals surface area contributed by atoms with Crippen molar-refractivity contribution in [3.63, 3.8) is 0 Å². The number of likely N-dealkylation sites (tertiary alicyclic amines) is 1. The normalized spacial score (nSPS) is 20.2. The molecule has 9 heteroatoms. The number of nitrogens with zero attached hydrogens (tertiary/aromatic N) is 6. The summed E-state index contributed by atoms with van der Waals surface area (Å²) in [5.41, 5.74) is 1.18. The zero-order valence-electron chi connectivity index (χ0n) is 17.4. The quantitative estimate of drug-likeness (QED) is 0.657. The second-order valence-electron chi connectivity index (χ2n) is 8.14. The van der Waals surface area contributed by atoms with Crippen molar-refractivity contribution in [3.8, 4) is 5.95 Å². The number of ether oxygens (including phenoxy) is 1. The Hall–Kier alpha value is -3.04. The average molecular weight is 422 g/mol. The van der Waals surface area contributed by atoms with Crippen molar-refractivity contribution in [2.75, 3.05) is 31.6 Å². The third-order valence-corrected chi connectivity index (χ3v) is 6.11. The van der Waals surface area contributed by atoms with Gasteiger partial charge in [-0.05, 0) is 37.5 Å². The molecule has 0 aliphatic carbocycles. The van der Waals surface area contributed by atoms with Gasteiger partial charge in [0, 0.05) is 56.6 Å². The Bertz CT molecular complexity index is 1000. The second kappa shape index (κ2) is 8.99. The zero-order chi connectivity index (χ0) is 21.0. The van der Waals surface area contributed by atoms with Crippen LogP contribution in [-0.2, 0) is 16.1 Å². The van der Waals surface area contributed by atoms with Gasteiger partial charge in [-0.1, -0.05) is 0 Å². The zero-order valence-corrected chi connectivity index (χ0v) is 17.4. The number of hydrogen-bond donors (Lipinski definition) is 1. The minimum absolute atomic E-state index is 0.0283. The summed E-state index contributed by atoms with van der Waals surface area (Å²) in [6.07, 6.45) is 10.0. The fraction of sp³-hybridized carbons (Fsp3) is 0.455. The third kappa shape index (κ3) is 4.38. The van der Waals surface area contributed by atoms with Crippen molar-refractivity contribution in [1.82, 2.24) is 29.2 Å². The number of hydrogen-bond acceptors (Lipinski definition) is 6. The molecule has 2 saturated heterocycles. The Morgan fingerprint density at radius 3 is 2.71 bits per heavy atom. The van der Waals surface area contributed by atoms with E-state index in [1.54, 1.807) is 18.6 Å². The molecule has 2 aliphatic rings. The largest absolute Gasteiger partial charge is 0.381 e. The minimum atomic E-state index is -0.0602. The van der Waals surface area contributed by atoms with Crippen LogP contribution in [0.4, 0.5) is 5.82 Å². The molecule has 5 heterocycles. The number of rotatable bonds is 6. The molecule has 0 aromatic carbocycles. The van der Waals surface area contributed by atoms with Crippen molar-refractivity contribution in [2.45, 2.75) is 31.8 Å². The van der Waals surface area contributed by atoms with E-state index in [0.29, 0.717) is 19.2 Å². The molecule has 1 unspecified atom stereocenters. The molecule has 162 valence electrons. The maximum absolute atomic E-state index is 12.5. The molecule has 5 rings (SSSR count). The van der Waals surface area contributed by atoms with Crippen LogP contribution in [0, 0.1) is 5.92 Å². The molecule has 9 nitrogen and oxygen atoms in total. The Morgan fingerprint density at radius 1 is 1.10 bits per heavy atom. The fourth-order valence-corrected chi connectivity index (χ4v) is 4.38. The van der Waals surface area contributed by atoms with E-state index in [-0.39, 0.29) is 17.9 Å². The molecule has 0 bridgehead atoms. The predicted octanol–water partition coefficient (Wildman–Crippen LogP) is 2.28. The molecule has 0 saturated carbocycles. The van der Waals surface area contributed by atoms with Crippen LogP contribution in [0.5, 0.6) is 0 Å². The van der Waals surface area contributed by atoms with Crippen molar-refractivity contribution in [2.24, 2.45) is 5.92 Å². The van der Waals surface area contributed by atoms with E-state index in [2.05, 4.69) is 31.3 Å². The van der Waals surface area contributed by atoms with Gasteiger partial charge in [-0.15, -0.1) is 0 Å². The summed E-state index contributed by atoms with van der Waals surface area (Å²) in [5.74, 6) is 1.45. The van der Waals surface area contributed by atoms with Crippen LogP contribution in [0.25, 0.3) is 5.95 Å². The first-order valence-corrected chi connectivity index (χ1v) is 10.9. The fourth-order valence-electron chi connectivity index (χ4n) is 4.38. The van der Waals surface area contributed by atoms with E-state index >= 15 is 0 Å². The molecule has 2 fully saturated rings. The van der Waals surface area contributed by atoms with Crippen molar-refractivity contribution in [3.05, 3.63) is 54.7 Å². The molecule has 3 aromatic rings. The number of nitrogens with one attached hydrogen (secondary N) is 1. The number of carbonyl (C=O) groups is 1. The average Bonchev–Trinajstić information content (AvgIpc) is 3.57.